The molecule has 3 nitrogen and oxygen atoms in total. The molecule has 1 aliphatic rings. The first-order valence-corrected chi connectivity index (χ1v) is 7.20. The SMILES string of the molecule is [2H]C([2H])([2H])[NH+](CC(c1ccc(OC)cc1)C1(O)CCCCC1)C([2H])([2H])[2H]. The molecular weight excluding hydrogens is 250 g/mol. The van der Waals surface area contributed by atoms with Gasteiger partial charge in [-0.25, -0.2) is 0 Å². The highest BCUT2D eigenvalue weighted by molar-refractivity contribution is 5.31. The van der Waals surface area contributed by atoms with Crippen molar-refractivity contribution in [3.05, 3.63) is 29.8 Å². The van der Waals surface area contributed by atoms with E-state index in [4.69, 9.17) is 13.0 Å². The van der Waals surface area contributed by atoms with Crippen molar-refractivity contribution in [3.63, 3.8) is 0 Å². The molecule has 20 heavy (non-hydrogen) atoms. The van der Waals surface area contributed by atoms with Crippen LogP contribution in [0.15, 0.2) is 24.3 Å². The maximum atomic E-state index is 11.3. The molecule has 2 N–H and O–H groups in total. The lowest BCUT2D eigenvalue weighted by Gasteiger charge is -2.39. The Balaban J connectivity index is 2.42. The largest absolute Gasteiger partial charge is 0.497 e. The average molecular weight is 284 g/mol. The van der Waals surface area contributed by atoms with Crippen LogP contribution >= 0.6 is 0 Å². The van der Waals surface area contributed by atoms with Crippen LogP contribution < -0.4 is 9.64 Å². The van der Waals surface area contributed by atoms with Gasteiger partial charge in [0.2, 0.25) is 0 Å². The lowest BCUT2D eigenvalue weighted by Crippen LogP contribution is -3.06. The summed E-state index contributed by atoms with van der Waals surface area (Å²) in [6.45, 7) is -5.57. The zero-order chi connectivity index (χ0) is 19.6. The lowest BCUT2D eigenvalue weighted by atomic mass is 9.72. The third kappa shape index (κ3) is 3.53. The highest BCUT2D eigenvalue weighted by atomic mass is 16.5. The molecule has 1 aromatic carbocycles. The van der Waals surface area contributed by atoms with Crippen LogP contribution in [0.25, 0.3) is 0 Å². The molecule has 0 saturated heterocycles. The third-order valence-corrected chi connectivity index (χ3v) is 4.29. The topological polar surface area (TPSA) is 33.9 Å². The van der Waals surface area contributed by atoms with Crippen molar-refractivity contribution < 1.29 is 23.0 Å². The van der Waals surface area contributed by atoms with Gasteiger partial charge in [-0.3, -0.25) is 0 Å². The van der Waals surface area contributed by atoms with Gasteiger partial charge in [-0.15, -0.1) is 0 Å². The van der Waals surface area contributed by atoms with Crippen molar-refractivity contribution >= 4 is 0 Å². The van der Waals surface area contributed by atoms with Crippen LogP contribution in [0.5, 0.6) is 5.75 Å². The van der Waals surface area contributed by atoms with Gasteiger partial charge < -0.3 is 14.7 Å². The Labute approximate surface area is 131 Å². The molecule has 3 heteroatoms. The Morgan fingerprint density at radius 1 is 1.25 bits per heavy atom. The van der Waals surface area contributed by atoms with Crippen LogP contribution in [0.2, 0.25) is 0 Å². The number of ether oxygens (including phenoxy) is 1. The Morgan fingerprint density at radius 2 is 1.90 bits per heavy atom. The fraction of sp³-hybridized carbons (Fsp3) is 0.647. The fourth-order valence-electron chi connectivity index (χ4n) is 3.17. The Morgan fingerprint density at radius 3 is 2.45 bits per heavy atom. The number of hydrogen-bond acceptors (Lipinski definition) is 2. The smallest absolute Gasteiger partial charge is 0.118 e. The molecule has 0 bridgehead atoms. The fourth-order valence-corrected chi connectivity index (χ4v) is 3.17. The third-order valence-electron chi connectivity index (χ3n) is 4.29. The molecule has 1 aromatic rings. The van der Waals surface area contributed by atoms with Crippen molar-refractivity contribution in [2.24, 2.45) is 0 Å². The van der Waals surface area contributed by atoms with E-state index in [0.717, 1.165) is 24.8 Å². The van der Waals surface area contributed by atoms with Gasteiger partial charge in [-0.2, -0.15) is 0 Å². The van der Waals surface area contributed by atoms with Crippen molar-refractivity contribution in [2.45, 2.75) is 43.6 Å². The zero-order valence-electron chi connectivity index (χ0n) is 18.0. The van der Waals surface area contributed by atoms with Crippen LogP contribution in [0.4, 0.5) is 0 Å². The van der Waals surface area contributed by atoms with E-state index in [9.17, 15) is 5.11 Å². The van der Waals surface area contributed by atoms with Gasteiger partial charge in [-0.1, -0.05) is 31.4 Å². The van der Waals surface area contributed by atoms with E-state index in [1.807, 2.05) is 0 Å². The summed E-state index contributed by atoms with van der Waals surface area (Å²) in [7, 11) is 1.55. The van der Waals surface area contributed by atoms with E-state index in [-0.39, 0.29) is 6.54 Å². The van der Waals surface area contributed by atoms with E-state index >= 15 is 0 Å². The minimum atomic E-state index is -2.69. The molecule has 1 atom stereocenters. The summed E-state index contributed by atoms with van der Waals surface area (Å²) in [6, 6.07) is 7.07. The molecule has 1 unspecified atom stereocenters. The molecule has 2 rings (SSSR count). The summed E-state index contributed by atoms with van der Waals surface area (Å²) >= 11 is 0. The summed E-state index contributed by atoms with van der Waals surface area (Å²) in [5.41, 5.74) is -0.365. The highest BCUT2D eigenvalue weighted by Crippen LogP contribution is 2.39. The van der Waals surface area contributed by atoms with Gasteiger partial charge in [-0.05, 0) is 30.5 Å². The number of benzene rings is 1. The van der Waals surface area contributed by atoms with Crippen LogP contribution in [0.1, 0.15) is 51.8 Å². The van der Waals surface area contributed by atoms with Crippen molar-refractivity contribution in [3.8, 4) is 5.75 Å². The molecule has 0 heterocycles. The first-order valence-electron chi connectivity index (χ1n) is 10.2. The van der Waals surface area contributed by atoms with Gasteiger partial charge >= 0.3 is 0 Å². The van der Waals surface area contributed by atoms with Gasteiger partial charge in [0.15, 0.2) is 0 Å². The van der Waals surface area contributed by atoms with E-state index in [2.05, 4.69) is 0 Å². The molecule has 0 aliphatic heterocycles. The molecule has 1 fully saturated rings. The maximum Gasteiger partial charge on any atom is 0.118 e. The van der Waals surface area contributed by atoms with Crippen LogP contribution in [0, 0.1) is 0 Å². The summed E-state index contributed by atoms with van der Waals surface area (Å²) < 4.78 is 51.2. The number of rotatable bonds is 5. The minimum absolute atomic E-state index is 0.185. The molecule has 0 amide bonds. The van der Waals surface area contributed by atoms with E-state index in [1.54, 1.807) is 31.4 Å². The Hall–Kier alpha value is -1.06. The number of likely N-dealkylation sites (N-methyl/N-ethyl adjacent to an activating group) is 1. The van der Waals surface area contributed by atoms with E-state index < -0.39 is 30.4 Å². The first-order chi connectivity index (χ1) is 12.0. The van der Waals surface area contributed by atoms with E-state index in [1.165, 1.54) is 0 Å². The first kappa shape index (κ1) is 9.06. The molecule has 0 aromatic heterocycles. The van der Waals surface area contributed by atoms with Gasteiger partial charge in [0.1, 0.15) is 5.75 Å². The lowest BCUT2D eigenvalue weighted by molar-refractivity contribution is -0.860. The predicted molar refractivity (Wildman–Crippen MR) is 81.4 cm³/mol. The molecule has 112 valence electrons. The molecule has 1 aliphatic carbocycles. The van der Waals surface area contributed by atoms with E-state index in [0.29, 0.717) is 18.6 Å². The zero-order valence-corrected chi connectivity index (χ0v) is 12.0. The minimum Gasteiger partial charge on any atom is -0.497 e. The number of hydrogen-bond donors (Lipinski definition) is 2. The number of quaternary nitrogens is 1. The number of aliphatic hydroxyl groups is 1. The number of methoxy groups -OCH3 is 1. The van der Waals surface area contributed by atoms with Gasteiger partial charge in [0, 0.05) is 0 Å². The van der Waals surface area contributed by atoms with Crippen molar-refractivity contribution in [2.75, 3.05) is 27.6 Å². The number of nitrogens with one attached hydrogen (secondary N) is 1. The van der Waals surface area contributed by atoms with Crippen molar-refractivity contribution in [1.82, 2.24) is 0 Å². The second-order valence-electron chi connectivity index (χ2n) is 5.67. The van der Waals surface area contributed by atoms with Crippen LogP contribution in [0.3, 0.4) is 0 Å². The Kier molecular flexibility index (Phi) is 2.99. The molecule has 0 spiro atoms. The highest BCUT2D eigenvalue weighted by Gasteiger charge is 2.40. The van der Waals surface area contributed by atoms with Gasteiger partial charge in [0.25, 0.3) is 0 Å². The quantitative estimate of drug-likeness (QED) is 0.861. The maximum absolute atomic E-state index is 11.3. The normalized spacial score (nSPS) is 25.6. The molecular formula is C17H28NO2+. The van der Waals surface area contributed by atoms with Crippen LogP contribution in [-0.4, -0.2) is 38.3 Å². The average Bonchev–Trinajstić information content (AvgIpc) is 2.53. The molecule has 0 radical (unpaired) electrons. The predicted octanol–water partition coefficient (Wildman–Crippen LogP) is 1.62. The standard InChI is InChI=1S/C17H27NO2/c1-18(2)13-16(17(19)11-5-4-6-12-17)14-7-9-15(20-3)10-8-14/h7-10,16,19H,4-6,11-13H2,1-3H3/p+1/i1D3,2D3. The van der Waals surface area contributed by atoms with Crippen LogP contribution in [-0.2, 0) is 0 Å². The second kappa shape index (κ2) is 6.59. The summed E-state index contributed by atoms with van der Waals surface area (Å²) in [4.78, 5) is -0.468. The second-order valence-corrected chi connectivity index (χ2v) is 5.67. The summed E-state index contributed by atoms with van der Waals surface area (Å²) in [6.07, 6.45) is 3.80. The summed E-state index contributed by atoms with van der Waals surface area (Å²) in [5, 5.41) is 11.3. The molecule has 1 saturated carbocycles. The Bertz CT molecular complexity index is 564. The van der Waals surface area contributed by atoms with Gasteiger partial charge in [0.05, 0.1) is 47.3 Å². The van der Waals surface area contributed by atoms with Crippen molar-refractivity contribution in [1.29, 1.82) is 0 Å². The monoisotopic (exact) mass is 284 g/mol. The summed E-state index contributed by atoms with van der Waals surface area (Å²) in [5.74, 6) is 0.0727.